The topological polar surface area (TPSA) is 70.2 Å². The number of hydrogen-bond donors (Lipinski definition) is 2. The van der Waals surface area contributed by atoms with E-state index in [1.807, 2.05) is 0 Å². The standard InChI is InChI=1S/C14H15NO3S/c1-7(16)10-12(17)11-8-5-3-2-4-6-9(8)19-14(11)15-13(10)18/h2-6H2,1H3,(H2,15,17,18). The van der Waals surface area contributed by atoms with Crippen LogP contribution in [0.25, 0.3) is 10.2 Å². The van der Waals surface area contributed by atoms with E-state index >= 15 is 0 Å². The third-order valence-electron chi connectivity index (χ3n) is 3.70. The molecule has 2 aromatic rings. The van der Waals surface area contributed by atoms with E-state index in [1.165, 1.54) is 29.6 Å². The van der Waals surface area contributed by atoms with Crippen molar-refractivity contribution in [2.75, 3.05) is 0 Å². The fourth-order valence-electron chi connectivity index (χ4n) is 2.81. The van der Waals surface area contributed by atoms with Gasteiger partial charge in [0.25, 0.3) is 5.56 Å². The minimum Gasteiger partial charge on any atom is -0.506 e. The molecule has 0 saturated heterocycles. The highest BCUT2D eigenvalue weighted by atomic mass is 32.1. The van der Waals surface area contributed by atoms with Gasteiger partial charge in [0.2, 0.25) is 0 Å². The summed E-state index contributed by atoms with van der Waals surface area (Å²) < 4.78 is 0. The van der Waals surface area contributed by atoms with Crippen molar-refractivity contribution in [3.63, 3.8) is 0 Å². The zero-order chi connectivity index (χ0) is 13.6. The number of nitrogens with one attached hydrogen (secondary N) is 1. The first-order valence-electron chi connectivity index (χ1n) is 6.50. The van der Waals surface area contributed by atoms with Crippen LogP contribution >= 0.6 is 11.3 Å². The molecule has 2 N–H and O–H groups in total. The van der Waals surface area contributed by atoms with Crippen molar-refractivity contribution in [1.29, 1.82) is 0 Å². The number of Topliss-reactive ketones (excluding diaryl/α,β-unsaturated/α-hetero) is 1. The molecule has 0 amide bonds. The number of aryl methyl sites for hydroxylation is 2. The monoisotopic (exact) mass is 277 g/mol. The van der Waals surface area contributed by atoms with Crippen LogP contribution in [0.5, 0.6) is 5.75 Å². The van der Waals surface area contributed by atoms with Crippen LogP contribution < -0.4 is 5.56 Å². The van der Waals surface area contributed by atoms with Crippen LogP contribution in [0.1, 0.15) is 47.0 Å². The lowest BCUT2D eigenvalue weighted by Crippen LogP contribution is -2.15. The number of H-pyrrole nitrogens is 1. The number of ketones is 1. The van der Waals surface area contributed by atoms with Gasteiger partial charge in [-0.05, 0) is 38.2 Å². The van der Waals surface area contributed by atoms with E-state index < -0.39 is 11.3 Å². The molecule has 0 radical (unpaired) electrons. The summed E-state index contributed by atoms with van der Waals surface area (Å²) in [6.07, 6.45) is 5.32. The fraction of sp³-hybridized carbons (Fsp3) is 0.429. The lowest BCUT2D eigenvalue weighted by molar-refractivity contribution is 0.101. The molecular formula is C14H15NO3S. The summed E-state index contributed by atoms with van der Waals surface area (Å²) in [5.41, 5.74) is 0.514. The van der Waals surface area contributed by atoms with Crippen molar-refractivity contribution in [3.8, 4) is 5.75 Å². The number of pyridine rings is 1. The van der Waals surface area contributed by atoms with Crippen LogP contribution in [0.3, 0.4) is 0 Å². The highest BCUT2D eigenvalue weighted by molar-refractivity contribution is 7.18. The Labute approximate surface area is 114 Å². The molecule has 2 aromatic heterocycles. The molecule has 0 saturated carbocycles. The van der Waals surface area contributed by atoms with E-state index in [-0.39, 0.29) is 11.3 Å². The fourth-order valence-corrected chi connectivity index (χ4v) is 4.09. The Morgan fingerprint density at radius 2 is 2.00 bits per heavy atom. The number of thiophene rings is 1. The molecule has 100 valence electrons. The predicted molar refractivity (Wildman–Crippen MR) is 75.4 cm³/mol. The van der Waals surface area contributed by atoms with Crippen molar-refractivity contribution < 1.29 is 9.90 Å². The quantitative estimate of drug-likeness (QED) is 0.622. The largest absolute Gasteiger partial charge is 0.506 e. The summed E-state index contributed by atoms with van der Waals surface area (Å²) in [5, 5.41) is 11.0. The van der Waals surface area contributed by atoms with Crippen molar-refractivity contribution in [2.24, 2.45) is 0 Å². The van der Waals surface area contributed by atoms with E-state index in [0.717, 1.165) is 31.2 Å². The Morgan fingerprint density at radius 3 is 2.74 bits per heavy atom. The van der Waals surface area contributed by atoms with Crippen molar-refractivity contribution in [1.82, 2.24) is 4.98 Å². The third kappa shape index (κ3) is 1.89. The average Bonchev–Trinajstić information content (AvgIpc) is 2.52. The summed E-state index contributed by atoms with van der Waals surface area (Å²) in [6.45, 7) is 1.31. The van der Waals surface area contributed by atoms with Gasteiger partial charge in [0.1, 0.15) is 16.1 Å². The van der Waals surface area contributed by atoms with Crippen LogP contribution in [0.15, 0.2) is 4.79 Å². The summed E-state index contributed by atoms with van der Waals surface area (Å²) in [7, 11) is 0. The lowest BCUT2D eigenvalue weighted by Gasteiger charge is -2.04. The van der Waals surface area contributed by atoms with Gasteiger partial charge in [-0.15, -0.1) is 11.3 Å². The molecule has 2 heterocycles. The number of aromatic amines is 1. The number of carbonyl (C=O) groups is 1. The van der Waals surface area contributed by atoms with Crippen LogP contribution in [0, 0.1) is 0 Å². The molecular weight excluding hydrogens is 262 g/mol. The maximum absolute atomic E-state index is 11.8. The van der Waals surface area contributed by atoms with Crippen LogP contribution in [0.4, 0.5) is 0 Å². The molecule has 0 unspecified atom stereocenters. The van der Waals surface area contributed by atoms with E-state index in [4.69, 9.17) is 0 Å². The Bertz CT molecular complexity index is 726. The highest BCUT2D eigenvalue weighted by Crippen LogP contribution is 2.39. The van der Waals surface area contributed by atoms with Crippen LogP contribution in [-0.4, -0.2) is 15.9 Å². The lowest BCUT2D eigenvalue weighted by atomic mass is 10.0. The minimum atomic E-state index is -0.492. The van der Waals surface area contributed by atoms with Gasteiger partial charge in [0.05, 0.1) is 5.39 Å². The summed E-state index contributed by atoms with van der Waals surface area (Å²) in [4.78, 5) is 28.0. The number of hydrogen-bond acceptors (Lipinski definition) is 4. The third-order valence-corrected chi connectivity index (χ3v) is 4.91. The molecule has 1 aliphatic carbocycles. The van der Waals surface area contributed by atoms with Gasteiger partial charge in [0.15, 0.2) is 5.78 Å². The summed E-state index contributed by atoms with van der Waals surface area (Å²) in [5.74, 6) is -0.528. The second kappa shape index (κ2) is 4.49. The first-order valence-corrected chi connectivity index (χ1v) is 7.31. The Kier molecular flexibility index (Phi) is 2.93. The zero-order valence-electron chi connectivity index (χ0n) is 10.7. The molecule has 0 atom stereocenters. The van der Waals surface area contributed by atoms with E-state index in [9.17, 15) is 14.7 Å². The van der Waals surface area contributed by atoms with Gasteiger partial charge in [-0.3, -0.25) is 9.59 Å². The Hall–Kier alpha value is -1.62. The zero-order valence-corrected chi connectivity index (χ0v) is 11.5. The summed E-state index contributed by atoms with van der Waals surface area (Å²) >= 11 is 1.53. The molecule has 5 heteroatoms. The molecule has 1 aliphatic rings. The average molecular weight is 277 g/mol. The smallest absolute Gasteiger partial charge is 0.263 e. The second-order valence-corrected chi connectivity index (χ2v) is 6.11. The maximum atomic E-state index is 11.8. The molecule has 4 nitrogen and oxygen atoms in total. The first-order chi connectivity index (χ1) is 9.09. The van der Waals surface area contributed by atoms with Crippen LogP contribution in [-0.2, 0) is 12.8 Å². The van der Waals surface area contributed by atoms with Gasteiger partial charge < -0.3 is 10.1 Å². The molecule has 0 bridgehead atoms. The van der Waals surface area contributed by atoms with E-state index in [0.29, 0.717) is 10.2 Å². The SMILES string of the molecule is CC(=O)c1c(O)c2c3c(sc2[nH]c1=O)CCCCC3. The number of rotatable bonds is 1. The van der Waals surface area contributed by atoms with E-state index in [2.05, 4.69) is 4.98 Å². The minimum absolute atomic E-state index is 0.114. The number of aromatic nitrogens is 1. The number of carbonyl (C=O) groups excluding carboxylic acids is 1. The predicted octanol–water partition coefficient (Wildman–Crippen LogP) is 2.77. The van der Waals surface area contributed by atoms with Crippen molar-refractivity contribution in [2.45, 2.75) is 39.0 Å². The molecule has 0 aromatic carbocycles. The number of fused-ring (bicyclic) bond motifs is 3. The molecule has 0 aliphatic heterocycles. The van der Waals surface area contributed by atoms with Crippen LogP contribution in [0.2, 0.25) is 0 Å². The number of aromatic hydroxyl groups is 1. The van der Waals surface area contributed by atoms with Gasteiger partial charge in [-0.1, -0.05) is 6.42 Å². The van der Waals surface area contributed by atoms with E-state index in [1.54, 1.807) is 0 Å². The van der Waals surface area contributed by atoms with Gasteiger partial charge in [-0.2, -0.15) is 0 Å². The Morgan fingerprint density at radius 1 is 1.26 bits per heavy atom. The summed E-state index contributed by atoms with van der Waals surface area (Å²) in [6, 6.07) is 0. The van der Waals surface area contributed by atoms with Crippen molar-refractivity contribution in [3.05, 3.63) is 26.4 Å². The van der Waals surface area contributed by atoms with Gasteiger partial charge in [-0.25, -0.2) is 0 Å². The van der Waals surface area contributed by atoms with Gasteiger partial charge >= 0.3 is 0 Å². The van der Waals surface area contributed by atoms with Crippen molar-refractivity contribution >= 4 is 27.3 Å². The second-order valence-electron chi connectivity index (χ2n) is 5.00. The maximum Gasteiger partial charge on any atom is 0.263 e. The first kappa shape index (κ1) is 12.4. The normalized spacial score (nSPS) is 15.2. The molecule has 3 rings (SSSR count). The molecule has 0 spiro atoms. The molecule has 19 heavy (non-hydrogen) atoms. The Balaban J connectivity index is 2.37. The highest BCUT2D eigenvalue weighted by Gasteiger charge is 2.23. The molecule has 0 fully saturated rings. The van der Waals surface area contributed by atoms with Gasteiger partial charge in [0, 0.05) is 4.88 Å².